The fourth-order valence-electron chi connectivity index (χ4n) is 3.12. The molecule has 0 amide bonds. The number of nitrogens with zero attached hydrogens (tertiary/aromatic N) is 3. The molecular formula is C20H20BrN3O2. The van der Waals surface area contributed by atoms with Crippen molar-refractivity contribution in [3.05, 3.63) is 81.9 Å². The van der Waals surface area contributed by atoms with Crippen molar-refractivity contribution in [2.45, 2.75) is 19.1 Å². The minimum absolute atomic E-state index is 0.0727. The van der Waals surface area contributed by atoms with Crippen LogP contribution in [0.15, 0.2) is 63.6 Å². The van der Waals surface area contributed by atoms with Crippen molar-refractivity contribution in [1.29, 1.82) is 0 Å². The molecule has 2 heterocycles. The predicted octanol–water partition coefficient (Wildman–Crippen LogP) is 4.00. The zero-order valence-corrected chi connectivity index (χ0v) is 15.9. The number of rotatable bonds is 5. The topological polar surface area (TPSA) is 51.4 Å². The number of morpholine rings is 1. The van der Waals surface area contributed by atoms with Gasteiger partial charge in [-0.05, 0) is 23.3 Å². The fourth-order valence-corrected chi connectivity index (χ4v) is 3.39. The zero-order chi connectivity index (χ0) is 17.8. The van der Waals surface area contributed by atoms with Crippen molar-refractivity contribution in [1.82, 2.24) is 15.0 Å². The number of ether oxygens (including phenoxy) is 1. The van der Waals surface area contributed by atoms with Crippen molar-refractivity contribution < 1.29 is 9.26 Å². The molecule has 1 aliphatic rings. The largest absolute Gasteiger partial charge is 0.371 e. The molecule has 0 N–H and O–H groups in total. The third-order valence-electron chi connectivity index (χ3n) is 4.47. The Morgan fingerprint density at radius 3 is 2.69 bits per heavy atom. The summed E-state index contributed by atoms with van der Waals surface area (Å²) in [6.45, 7) is 3.03. The molecule has 1 aliphatic heterocycles. The standard InChI is InChI=1S/C20H20BrN3O2/c21-17-8-6-16(7-9-17)18-13-24(10-11-25-18)14-20-22-19(23-26-20)12-15-4-2-1-3-5-15/h1-9,18H,10-14H2/t18-/m1/s1. The van der Waals surface area contributed by atoms with Crippen molar-refractivity contribution in [2.75, 3.05) is 19.7 Å². The lowest BCUT2D eigenvalue weighted by atomic mass is 10.1. The first-order valence-electron chi connectivity index (χ1n) is 8.71. The van der Waals surface area contributed by atoms with E-state index in [2.05, 4.69) is 55.2 Å². The molecule has 2 aromatic carbocycles. The molecule has 26 heavy (non-hydrogen) atoms. The zero-order valence-electron chi connectivity index (χ0n) is 14.3. The van der Waals surface area contributed by atoms with E-state index in [1.807, 2.05) is 30.3 Å². The smallest absolute Gasteiger partial charge is 0.240 e. The highest BCUT2D eigenvalue weighted by atomic mass is 79.9. The lowest BCUT2D eigenvalue weighted by Crippen LogP contribution is -2.37. The first-order chi connectivity index (χ1) is 12.8. The molecule has 0 aliphatic carbocycles. The maximum absolute atomic E-state index is 5.93. The molecule has 1 aromatic heterocycles. The summed E-state index contributed by atoms with van der Waals surface area (Å²) in [6.07, 6.45) is 0.762. The molecular weight excluding hydrogens is 394 g/mol. The second kappa shape index (κ2) is 8.12. The van der Waals surface area contributed by atoms with Crippen molar-refractivity contribution in [2.24, 2.45) is 0 Å². The van der Waals surface area contributed by atoms with Crippen LogP contribution in [0.4, 0.5) is 0 Å². The second-order valence-electron chi connectivity index (χ2n) is 6.41. The van der Waals surface area contributed by atoms with Crippen LogP contribution in [0.2, 0.25) is 0 Å². The van der Waals surface area contributed by atoms with Crippen LogP contribution in [0.1, 0.15) is 28.9 Å². The van der Waals surface area contributed by atoms with Crippen LogP contribution in [0, 0.1) is 0 Å². The molecule has 0 radical (unpaired) electrons. The van der Waals surface area contributed by atoms with E-state index < -0.39 is 0 Å². The molecule has 1 fully saturated rings. The molecule has 0 unspecified atom stereocenters. The van der Waals surface area contributed by atoms with E-state index in [9.17, 15) is 0 Å². The van der Waals surface area contributed by atoms with Crippen LogP contribution >= 0.6 is 15.9 Å². The number of halogens is 1. The SMILES string of the molecule is Brc1ccc([C@H]2CN(Cc3nc(Cc4ccccc4)no3)CCO2)cc1. The highest BCUT2D eigenvalue weighted by Crippen LogP contribution is 2.24. The van der Waals surface area contributed by atoms with Crippen LogP contribution < -0.4 is 0 Å². The molecule has 0 bridgehead atoms. The highest BCUT2D eigenvalue weighted by Gasteiger charge is 2.23. The van der Waals surface area contributed by atoms with Gasteiger partial charge in [0.25, 0.3) is 0 Å². The summed E-state index contributed by atoms with van der Waals surface area (Å²) >= 11 is 3.47. The second-order valence-corrected chi connectivity index (χ2v) is 7.33. The van der Waals surface area contributed by atoms with Crippen LogP contribution in [0.5, 0.6) is 0 Å². The van der Waals surface area contributed by atoms with Gasteiger partial charge in [-0.3, -0.25) is 4.90 Å². The lowest BCUT2D eigenvalue weighted by molar-refractivity contribution is -0.0356. The molecule has 3 aromatic rings. The highest BCUT2D eigenvalue weighted by molar-refractivity contribution is 9.10. The third-order valence-corrected chi connectivity index (χ3v) is 5.00. The summed E-state index contributed by atoms with van der Waals surface area (Å²) in [5.41, 5.74) is 2.37. The van der Waals surface area contributed by atoms with Gasteiger partial charge in [-0.1, -0.05) is 63.6 Å². The van der Waals surface area contributed by atoms with Crippen LogP contribution in [-0.4, -0.2) is 34.7 Å². The quantitative estimate of drug-likeness (QED) is 0.632. The van der Waals surface area contributed by atoms with Gasteiger partial charge < -0.3 is 9.26 Å². The minimum atomic E-state index is 0.0727. The molecule has 5 nitrogen and oxygen atoms in total. The van der Waals surface area contributed by atoms with E-state index in [0.29, 0.717) is 25.5 Å². The van der Waals surface area contributed by atoms with Gasteiger partial charge in [-0.2, -0.15) is 4.98 Å². The summed E-state index contributed by atoms with van der Waals surface area (Å²) in [5.74, 6) is 1.39. The normalized spacial score (nSPS) is 18.1. The molecule has 6 heteroatoms. The molecule has 4 rings (SSSR count). The van der Waals surface area contributed by atoms with Crippen molar-refractivity contribution >= 4 is 15.9 Å². The van der Waals surface area contributed by atoms with E-state index in [0.717, 1.165) is 23.4 Å². The number of benzene rings is 2. The fraction of sp³-hybridized carbons (Fsp3) is 0.300. The Balaban J connectivity index is 1.37. The summed E-state index contributed by atoms with van der Waals surface area (Å²) in [7, 11) is 0. The molecule has 134 valence electrons. The Morgan fingerprint density at radius 1 is 1.08 bits per heavy atom. The molecule has 0 spiro atoms. The van der Waals surface area contributed by atoms with Gasteiger partial charge in [0.2, 0.25) is 5.89 Å². The maximum Gasteiger partial charge on any atom is 0.240 e. The van der Waals surface area contributed by atoms with Gasteiger partial charge in [0.15, 0.2) is 5.82 Å². The summed E-state index contributed by atoms with van der Waals surface area (Å²) in [4.78, 5) is 6.84. The van der Waals surface area contributed by atoms with Crippen LogP contribution in [0.25, 0.3) is 0 Å². The van der Waals surface area contributed by atoms with Gasteiger partial charge in [0.05, 0.1) is 19.3 Å². The van der Waals surface area contributed by atoms with Gasteiger partial charge >= 0.3 is 0 Å². The lowest BCUT2D eigenvalue weighted by Gasteiger charge is -2.32. The third kappa shape index (κ3) is 4.38. The van der Waals surface area contributed by atoms with E-state index >= 15 is 0 Å². The van der Waals surface area contributed by atoms with E-state index in [1.54, 1.807) is 0 Å². The maximum atomic E-state index is 5.93. The Kier molecular flexibility index (Phi) is 5.43. The minimum Gasteiger partial charge on any atom is -0.371 e. The van der Waals surface area contributed by atoms with Gasteiger partial charge in [-0.25, -0.2) is 0 Å². The Bertz CT molecular complexity index is 836. The molecule has 0 saturated carbocycles. The first kappa shape index (κ1) is 17.4. The number of hydrogen-bond acceptors (Lipinski definition) is 5. The van der Waals surface area contributed by atoms with E-state index in [-0.39, 0.29) is 6.10 Å². The summed E-state index contributed by atoms with van der Waals surface area (Å²) in [6, 6.07) is 18.5. The Labute approximate surface area is 161 Å². The average molecular weight is 414 g/mol. The predicted molar refractivity (Wildman–Crippen MR) is 102 cm³/mol. The Hall–Kier alpha value is -2.02. The van der Waals surface area contributed by atoms with Gasteiger partial charge in [-0.15, -0.1) is 0 Å². The first-order valence-corrected chi connectivity index (χ1v) is 9.50. The summed E-state index contributed by atoms with van der Waals surface area (Å²) in [5, 5.41) is 4.11. The van der Waals surface area contributed by atoms with Crippen LogP contribution in [-0.2, 0) is 17.7 Å². The summed E-state index contributed by atoms with van der Waals surface area (Å²) < 4.78 is 12.5. The monoisotopic (exact) mass is 413 g/mol. The molecule has 1 saturated heterocycles. The average Bonchev–Trinajstić information content (AvgIpc) is 3.10. The van der Waals surface area contributed by atoms with Crippen molar-refractivity contribution in [3.63, 3.8) is 0 Å². The van der Waals surface area contributed by atoms with E-state index in [4.69, 9.17) is 9.26 Å². The molecule has 1 atom stereocenters. The number of hydrogen-bond donors (Lipinski definition) is 0. The van der Waals surface area contributed by atoms with Crippen molar-refractivity contribution in [3.8, 4) is 0 Å². The van der Waals surface area contributed by atoms with Gasteiger partial charge in [0, 0.05) is 24.0 Å². The van der Waals surface area contributed by atoms with E-state index in [1.165, 1.54) is 11.1 Å². The Morgan fingerprint density at radius 2 is 1.88 bits per heavy atom. The van der Waals surface area contributed by atoms with Crippen LogP contribution in [0.3, 0.4) is 0 Å². The van der Waals surface area contributed by atoms with Gasteiger partial charge in [0.1, 0.15) is 0 Å². The number of aromatic nitrogens is 2.